The smallest absolute Gasteiger partial charge is 0.164 e. The molecule has 0 N–H and O–H groups in total. The summed E-state index contributed by atoms with van der Waals surface area (Å²) in [5.74, 6) is 1.93. The third-order valence-electron chi connectivity index (χ3n) is 11.1. The second kappa shape index (κ2) is 11.5. The molecule has 5 aromatic heterocycles. The predicted octanol–water partition coefficient (Wildman–Crippen LogP) is 11.9. The van der Waals surface area contributed by atoms with Crippen molar-refractivity contribution in [2.45, 2.75) is 0 Å². The first kappa shape index (κ1) is 29.9. The van der Waals surface area contributed by atoms with Crippen LogP contribution in [0.5, 0.6) is 0 Å². The Morgan fingerprint density at radius 1 is 0.364 bits per heavy atom. The molecule has 0 unspecified atom stereocenters. The SMILES string of the molecule is c1ccc(-c2nc(-c3ccccc3)nc(-c3ccc4c5cccc6c7cccc8c(-c9ccnc%10c9ccc9cccnc9%10)ccc(c87)n(c4c3)c65)n2)cc1. The van der Waals surface area contributed by atoms with E-state index in [0.29, 0.717) is 17.5 Å². The summed E-state index contributed by atoms with van der Waals surface area (Å²) in [5, 5.41) is 9.46. The van der Waals surface area contributed by atoms with Crippen molar-refractivity contribution in [1.82, 2.24) is 29.3 Å². The largest absolute Gasteiger partial charge is 0.308 e. The Morgan fingerprint density at radius 2 is 1.00 bits per heavy atom. The van der Waals surface area contributed by atoms with Gasteiger partial charge in [0.2, 0.25) is 0 Å². The molecule has 5 heterocycles. The van der Waals surface area contributed by atoms with Gasteiger partial charge in [-0.25, -0.2) is 15.0 Å². The molecule has 0 radical (unpaired) electrons. The lowest BCUT2D eigenvalue weighted by Gasteiger charge is -2.17. The van der Waals surface area contributed by atoms with Crippen LogP contribution in [0.15, 0.2) is 170 Å². The second-order valence-electron chi connectivity index (χ2n) is 14.1. The molecule has 0 aliphatic carbocycles. The second-order valence-corrected chi connectivity index (χ2v) is 14.1. The summed E-state index contributed by atoms with van der Waals surface area (Å²) in [6.45, 7) is 0. The van der Waals surface area contributed by atoms with Gasteiger partial charge in [0.1, 0.15) is 0 Å². The summed E-state index contributed by atoms with van der Waals surface area (Å²) in [6.07, 6.45) is 3.75. The van der Waals surface area contributed by atoms with Crippen LogP contribution in [0.1, 0.15) is 0 Å². The monoisotopic (exact) mass is 700 g/mol. The lowest BCUT2D eigenvalue weighted by Crippen LogP contribution is -2.00. The van der Waals surface area contributed by atoms with E-state index in [1.807, 2.05) is 79.1 Å². The summed E-state index contributed by atoms with van der Waals surface area (Å²) >= 11 is 0. The maximum atomic E-state index is 5.07. The minimum atomic E-state index is 0.635. The standard InChI is InChI=1S/C49H28N6/c1-3-10-30(11-4-1)47-52-48(31-12-5-2-6-13-31)54-49(53-47)32-20-21-35-39-17-8-18-40-37-16-7-15-36-33(23-24-41(43(36)37)55(46(39)40)42(35)28-32)34-25-27-51-45-38(34)22-19-29-14-9-26-50-44(29)45/h1-28H. The molecule has 12 rings (SSSR count). The first-order valence-electron chi connectivity index (χ1n) is 18.4. The van der Waals surface area contributed by atoms with Crippen molar-refractivity contribution in [3.8, 4) is 45.3 Å². The number of fused-ring (bicyclic) bond motifs is 8. The molecule has 6 heteroatoms. The van der Waals surface area contributed by atoms with Gasteiger partial charge in [0.05, 0.1) is 27.6 Å². The van der Waals surface area contributed by atoms with E-state index in [4.69, 9.17) is 24.9 Å². The van der Waals surface area contributed by atoms with Crippen LogP contribution in [0.2, 0.25) is 0 Å². The number of para-hydroxylation sites is 1. The highest BCUT2D eigenvalue weighted by atomic mass is 15.0. The lowest BCUT2D eigenvalue weighted by molar-refractivity contribution is 1.07. The molecular weight excluding hydrogens is 673 g/mol. The molecule has 0 saturated heterocycles. The molecule has 0 spiro atoms. The molecule has 0 atom stereocenters. The van der Waals surface area contributed by atoms with E-state index in [0.717, 1.165) is 55.1 Å². The molecule has 254 valence electrons. The summed E-state index contributed by atoms with van der Waals surface area (Å²) in [6, 6.07) is 55.4. The normalized spacial score (nSPS) is 12.0. The van der Waals surface area contributed by atoms with Gasteiger partial charge in [0, 0.05) is 61.4 Å². The molecule has 12 aromatic rings. The summed E-state index contributed by atoms with van der Waals surface area (Å²) in [4.78, 5) is 24.6. The Labute approximate surface area is 314 Å². The van der Waals surface area contributed by atoms with Crippen LogP contribution in [0.3, 0.4) is 0 Å². The number of aromatic nitrogens is 6. The zero-order valence-electron chi connectivity index (χ0n) is 29.3. The first-order valence-corrected chi connectivity index (χ1v) is 18.4. The Bertz CT molecular complexity index is 3420. The molecule has 0 bridgehead atoms. The number of nitrogens with zero attached hydrogens (tertiary/aromatic N) is 6. The minimum Gasteiger partial charge on any atom is -0.308 e. The fourth-order valence-electron chi connectivity index (χ4n) is 8.63. The van der Waals surface area contributed by atoms with E-state index < -0.39 is 0 Å². The maximum Gasteiger partial charge on any atom is 0.164 e. The average molecular weight is 701 g/mol. The number of hydrogen-bond donors (Lipinski definition) is 0. The molecule has 55 heavy (non-hydrogen) atoms. The van der Waals surface area contributed by atoms with Crippen molar-refractivity contribution in [1.29, 1.82) is 0 Å². The van der Waals surface area contributed by atoms with Crippen molar-refractivity contribution in [2.75, 3.05) is 0 Å². The van der Waals surface area contributed by atoms with Crippen LogP contribution in [0, 0.1) is 0 Å². The summed E-state index contributed by atoms with van der Waals surface area (Å²) in [5.41, 5.74) is 10.4. The van der Waals surface area contributed by atoms with Gasteiger partial charge < -0.3 is 4.40 Å². The van der Waals surface area contributed by atoms with Crippen LogP contribution >= 0.6 is 0 Å². The molecule has 7 aromatic carbocycles. The molecule has 0 amide bonds. The fraction of sp³-hybridized carbons (Fsp3) is 0. The van der Waals surface area contributed by atoms with Gasteiger partial charge in [-0.1, -0.05) is 133 Å². The number of hydrogen-bond acceptors (Lipinski definition) is 5. The Hall–Kier alpha value is -7.57. The van der Waals surface area contributed by atoms with E-state index in [9.17, 15) is 0 Å². The molecule has 0 saturated carbocycles. The Kier molecular flexibility index (Phi) is 6.24. The van der Waals surface area contributed by atoms with Crippen LogP contribution < -0.4 is 0 Å². The Morgan fingerprint density at radius 3 is 1.76 bits per heavy atom. The zero-order chi connectivity index (χ0) is 36.0. The number of rotatable bonds is 4. The van der Waals surface area contributed by atoms with Gasteiger partial charge in [0.15, 0.2) is 17.5 Å². The molecule has 0 aliphatic rings. The molecule has 0 fully saturated rings. The van der Waals surface area contributed by atoms with Crippen molar-refractivity contribution in [3.63, 3.8) is 0 Å². The average Bonchev–Trinajstić information content (AvgIpc) is 3.60. The van der Waals surface area contributed by atoms with Crippen molar-refractivity contribution in [3.05, 3.63) is 170 Å². The maximum absolute atomic E-state index is 5.07. The Balaban J connectivity index is 1.13. The van der Waals surface area contributed by atoms with E-state index in [-0.39, 0.29) is 0 Å². The van der Waals surface area contributed by atoms with E-state index in [1.54, 1.807) is 0 Å². The van der Waals surface area contributed by atoms with E-state index in [1.165, 1.54) is 43.4 Å². The van der Waals surface area contributed by atoms with Gasteiger partial charge in [-0.05, 0) is 46.2 Å². The molecule has 6 nitrogen and oxygen atoms in total. The van der Waals surface area contributed by atoms with Crippen LogP contribution in [0.4, 0.5) is 0 Å². The number of pyridine rings is 3. The third kappa shape index (κ3) is 4.39. The number of benzene rings is 7. The van der Waals surface area contributed by atoms with Crippen LogP contribution in [-0.4, -0.2) is 29.3 Å². The highest BCUT2D eigenvalue weighted by Gasteiger charge is 2.21. The van der Waals surface area contributed by atoms with Gasteiger partial charge in [-0.2, -0.15) is 0 Å². The van der Waals surface area contributed by atoms with E-state index in [2.05, 4.69) is 95.4 Å². The fourth-order valence-corrected chi connectivity index (χ4v) is 8.63. The highest BCUT2D eigenvalue weighted by molar-refractivity contribution is 6.29. The van der Waals surface area contributed by atoms with Gasteiger partial charge in [0.25, 0.3) is 0 Å². The first-order chi connectivity index (χ1) is 27.3. The van der Waals surface area contributed by atoms with Crippen LogP contribution in [0.25, 0.3) is 116 Å². The lowest BCUT2D eigenvalue weighted by atomic mass is 9.92. The zero-order valence-corrected chi connectivity index (χ0v) is 29.3. The van der Waals surface area contributed by atoms with Crippen molar-refractivity contribution < 1.29 is 0 Å². The van der Waals surface area contributed by atoms with Crippen molar-refractivity contribution >= 4 is 70.7 Å². The third-order valence-corrected chi connectivity index (χ3v) is 11.1. The van der Waals surface area contributed by atoms with Gasteiger partial charge in [-0.3, -0.25) is 9.97 Å². The molecule has 0 aliphatic heterocycles. The van der Waals surface area contributed by atoms with Gasteiger partial charge >= 0.3 is 0 Å². The van der Waals surface area contributed by atoms with Crippen LogP contribution in [-0.2, 0) is 0 Å². The summed E-state index contributed by atoms with van der Waals surface area (Å²) in [7, 11) is 0. The highest BCUT2D eigenvalue weighted by Crippen LogP contribution is 2.44. The summed E-state index contributed by atoms with van der Waals surface area (Å²) < 4.78 is 2.45. The predicted molar refractivity (Wildman–Crippen MR) is 224 cm³/mol. The molecular formula is C49H28N6. The quantitative estimate of drug-likeness (QED) is 0.135. The van der Waals surface area contributed by atoms with E-state index >= 15 is 0 Å². The minimum absolute atomic E-state index is 0.635. The topological polar surface area (TPSA) is 68.9 Å². The van der Waals surface area contributed by atoms with Crippen molar-refractivity contribution in [2.24, 2.45) is 0 Å². The van der Waals surface area contributed by atoms with Gasteiger partial charge in [-0.15, -0.1) is 0 Å².